The Kier molecular flexibility index (Phi) is 6.50. The third kappa shape index (κ3) is 4.56. The summed E-state index contributed by atoms with van der Waals surface area (Å²) in [6.07, 6.45) is 5.80. The third-order valence-electron chi connectivity index (χ3n) is 6.74. The molecule has 0 bridgehead atoms. The first-order valence-corrected chi connectivity index (χ1v) is 12.6. The highest BCUT2D eigenvalue weighted by molar-refractivity contribution is 7.99. The highest BCUT2D eigenvalue weighted by Crippen LogP contribution is 2.35. The molecule has 0 N–H and O–H groups in total. The average Bonchev–Trinajstić information content (AvgIpc) is 3.57. The van der Waals surface area contributed by atoms with Crippen molar-refractivity contribution in [3.63, 3.8) is 0 Å². The SMILES string of the molecule is CN=Cc1cccc(N2CCC3CN(CCCSc4nnc(-c5ocnc5C)n4C)CC32)c1. The van der Waals surface area contributed by atoms with E-state index >= 15 is 0 Å². The molecule has 2 saturated heterocycles. The maximum atomic E-state index is 5.47. The van der Waals surface area contributed by atoms with Gasteiger partial charge in [-0.25, -0.2) is 4.98 Å². The van der Waals surface area contributed by atoms with E-state index in [1.165, 1.54) is 30.6 Å². The van der Waals surface area contributed by atoms with Crippen LogP contribution in [-0.2, 0) is 7.05 Å². The lowest BCUT2D eigenvalue weighted by atomic mass is 10.0. The van der Waals surface area contributed by atoms with Crippen molar-refractivity contribution in [2.24, 2.45) is 18.0 Å². The summed E-state index contributed by atoms with van der Waals surface area (Å²) in [6.45, 7) is 6.57. The maximum Gasteiger partial charge on any atom is 0.202 e. The molecule has 1 aromatic carbocycles. The number of benzene rings is 1. The van der Waals surface area contributed by atoms with Gasteiger partial charge in [0, 0.05) is 57.4 Å². The van der Waals surface area contributed by atoms with E-state index in [1.807, 2.05) is 31.8 Å². The number of aromatic nitrogens is 4. The molecule has 9 heteroatoms. The van der Waals surface area contributed by atoms with Crippen LogP contribution in [0.2, 0.25) is 0 Å². The summed E-state index contributed by atoms with van der Waals surface area (Å²) in [5.41, 5.74) is 3.34. The largest absolute Gasteiger partial charge is 0.440 e. The fourth-order valence-electron chi connectivity index (χ4n) is 5.09. The van der Waals surface area contributed by atoms with Gasteiger partial charge in [0.05, 0.1) is 5.69 Å². The minimum Gasteiger partial charge on any atom is -0.440 e. The second kappa shape index (κ2) is 9.69. The van der Waals surface area contributed by atoms with Crippen molar-refractivity contribution in [3.05, 3.63) is 41.9 Å². The number of hydrogen-bond donors (Lipinski definition) is 0. The molecule has 0 radical (unpaired) electrons. The van der Waals surface area contributed by atoms with E-state index in [2.05, 4.69) is 54.2 Å². The zero-order valence-corrected chi connectivity index (χ0v) is 20.3. The lowest BCUT2D eigenvalue weighted by Crippen LogP contribution is -2.35. The van der Waals surface area contributed by atoms with E-state index in [9.17, 15) is 0 Å². The number of rotatable bonds is 8. The molecule has 174 valence electrons. The maximum absolute atomic E-state index is 5.47. The summed E-state index contributed by atoms with van der Waals surface area (Å²) in [6, 6.07) is 9.40. The Hall–Kier alpha value is -2.65. The van der Waals surface area contributed by atoms with E-state index in [4.69, 9.17) is 4.42 Å². The van der Waals surface area contributed by atoms with Crippen LogP contribution in [0.4, 0.5) is 5.69 Å². The summed E-state index contributed by atoms with van der Waals surface area (Å²) < 4.78 is 7.47. The van der Waals surface area contributed by atoms with Crippen molar-refractivity contribution in [2.45, 2.75) is 31.0 Å². The van der Waals surface area contributed by atoms with Gasteiger partial charge in [-0.15, -0.1) is 10.2 Å². The van der Waals surface area contributed by atoms with Crippen LogP contribution in [0.15, 0.2) is 45.2 Å². The standard InChI is InChI=1S/C24H31N7OS/c1-17-22(32-16-26-17)23-27-28-24(29(23)3)33-11-5-9-30-14-19-8-10-31(21(19)15-30)20-7-4-6-18(12-20)13-25-2/h4,6-7,12-13,16,19,21H,5,8-11,14-15H2,1-3H3. The summed E-state index contributed by atoms with van der Waals surface area (Å²) in [5, 5.41) is 9.57. The average molecular weight is 466 g/mol. The Morgan fingerprint density at radius 1 is 1.27 bits per heavy atom. The van der Waals surface area contributed by atoms with Gasteiger partial charge >= 0.3 is 0 Å². The molecule has 2 aromatic heterocycles. The predicted octanol–water partition coefficient (Wildman–Crippen LogP) is 3.52. The predicted molar refractivity (Wildman–Crippen MR) is 132 cm³/mol. The van der Waals surface area contributed by atoms with E-state index in [1.54, 1.807) is 11.8 Å². The van der Waals surface area contributed by atoms with Gasteiger partial charge in [0.15, 0.2) is 17.3 Å². The Labute approximate surface area is 199 Å². The number of thioether (sulfide) groups is 1. The number of aliphatic imine (C=N–C) groups is 1. The van der Waals surface area contributed by atoms with Crippen LogP contribution in [-0.4, -0.2) is 75.9 Å². The lowest BCUT2D eigenvalue weighted by molar-refractivity contribution is 0.319. The fraction of sp³-hybridized carbons (Fsp3) is 0.500. The molecule has 4 heterocycles. The summed E-state index contributed by atoms with van der Waals surface area (Å²) >= 11 is 1.76. The molecule has 8 nitrogen and oxygen atoms in total. The zero-order chi connectivity index (χ0) is 22.8. The van der Waals surface area contributed by atoms with Gasteiger partial charge < -0.3 is 18.8 Å². The first-order valence-electron chi connectivity index (χ1n) is 11.6. The summed E-state index contributed by atoms with van der Waals surface area (Å²) in [4.78, 5) is 13.6. The van der Waals surface area contributed by atoms with Crippen molar-refractivity contribution in [3.8, 4) is 11.6 Å². The van der Waals surface area contributed by atoms with Crippen molar-refractivity contribution in [1.82, 2.24) is 24.6 Å². The zero-order valence-electron chi connectivity index (χ0n) is 19.5. The topological polar surface area (TPSA) is 75.6 Å². The fourth-order valence-corrected chi connectivity index (χ4v) is 5.93. The Bertz CT molecular complexity index is 1120. The van der Waals surface area contributed by atoms with Gasteiger partial charge in [0.2, 0.25) is 5.82 Å². The molecule has 2 aliphatic heterocycles. The molecule has 2 unspecified atom stereocenters. The van der Waals surface area contributed by atoms with Crippen LogP contribution < -0.4 is 4.90 Å². The summed E-state index contributed by atoms with van der Waals surface area (Å²) in [7, 11) is 3.81. The van der Waals surface area contributed by atoms with Crippen molar-refractivity contribution < 1.29 is 4.42 Å². The van der Waals surface area contributed by atoms with Gasteiger partial charge in [-0.1, -0.05) is 23.9 Å². The Morgan fingerprint density at radius 3 is 3.00 bits per heavy atom. The van der Waals surface area contributed by atoms with E-state index in [0.717, 1.165) is 54.4 Å². The van der Waals surface area contributed by atoms with Gasteiger partial charge in [-0.3, -0.25) is 4.99 Å². The van der Waals surface area contributed by atoms with Gasteiger partial charge in [0.25, 0.3) is 0 Å². The lowest BCUT2D eigenvalue weighted by Gasteiger charge is -2.27. The third-order valence-corrected chi connectivity index (χ3v) is 7.84. The van der Waals surface area contributed by atoms with Crippen LogP contribution in [0.3, 0.4) is 0 Å². The smallest absolute Gasteiger partial charge is 0.202 e. The normalized spacial score (nSPS) is 20.9. The quantitative estimate of drug-likeness (QED) is 0.286. The van der Waals surface area contributed by atoms with Crippen molar-refractivity contribution >= 4 is 23.7 Å². The number of oxazole rings is 1. The van der Waals surface area contributed by atoms with Crippen molar-refractivity contribution in [2.75, 3.05) is 43.9 Å². The van der Waals surface area contributed by atoms with Gasteiger partial charge in [-0.2, -0.15) is 0 Å². The van der Waals surface area contributed by atoms with Crippen LogP contribution in [0.5, 0.6) is 0 Å². The van der Waals surface area contributed by atoms with E-state index in [-0.39, 0.29) is 0 Å². The highest BCUT2D eigenvalue weighted by Gasteiger charge is 2.41. The molecule has 0 spiro atoms. The van der Waals surface area contributed by atoms with E-state index < -0.39 is 0 Å². The highest BCUT2D eigenvalue weighted by atomic mass is 32.2. The van der Waals surface area contributed by atoms with Gasteiger partial charge in [-0.05, 0) is 49.9 Å². The molecule has 2 fully saturated rings. The van der Waals surface area contributed by atoms with E-state index in [0.29, 0.717) is 11.8 Å². The second-order valence-electron chi connectivity index (χ2n) is 8.89. The number of aryl methyl sites for hydroxylation is 1. The molecule has 2 atom stereocenters. The molecule has 0 aliphatic carbocycles. The molecule has 0 saturated carbocycles. The minimum atomic E-state index is 0.623. The Balaban J connectivity index is 1.12. The molecule has 33 heavy (non-hydrogen) atoms. The molecule has 0 amide bonds. The number of nitrogens with zero attached hydrogens (tertiary/aromatic N) is 7. The second-order valence-corrected chi connectivity index (χ2v) is 9.95. The molecular formula is C24H31N7OS. The number of fused-ring (bicyclic) bond motifs is 1. The van der Waals surface area contributed by atoms with Crippen LogP contribution in [0.25, 0.3) is 11.6 Å². The molecule has 5 rings (SSSR count). The molecule has 3 aromatic rings. The van der Waals surface area contributed by atoms with Crippen LogP contribution in [0, 0.1) is 12.8 Å². The summed E-state index contributed by atoms with van der Waals surface area (Å²) in [5.74, 6) is 3.22. The number of hydrogen-bond acceptors (Lipinski definition) is 8. The van der Waals surface area contributed by atoms with Crippen LogP contribution >= 0.6 is 11.8 Å². The molecular weight excluding hydrogens is 434 g/mol. The first-order chi connectivity index (χ1) is 16.1. The number of anilines is 1. The van der Waals surface area contributed by atoms with Gasteiger partial charge in [0.1, 0.15) is 0 Å². The minimum absolute atomic E-state index is 0.623. The Morgan fingerprint density at radius 2 is 2.18 bits per heavy atom. The first kappa shape index (κ1) is 22.2. The monoisotopic (exact) mass is 465 g/mol. The van der Waals surface area contributed by atoms with Crippen molar-refractivity contribution in [1.29, 1.82) is 0 Å². The van der Waals surface area contributed by atoms with Crippen LogP contribution in [0.1, 0.15) is 24.1 Å². The molecule has 2 aliphatic rings. The number of likely N-dealkylation sites (tertiary alicyclic amines) is 1.